The second-order valence-electron chi connectivity index (χ2n) is 4.60. The molecule has 0 unspecified atom stereocenters. The zero-order valence-electron chi connectivity index (χ0n) is 11.6. The predicted molar refractivity (Wildman–Crippen MR) is 83.7 cm³/mol. The van der Waals surface area contributed by atoms with Gasteiger partial charge in [0, 0.05) is 16.7 Å². The minimum absolute atomic E-state index is 0.0466. The van der Waals surface area contributed by atoms with Gasteiger partial charge in [-0.15, -0.1) is 4.83 Å². The van der Waals surface area contributed by atoms with Gasteiger partial charge in [-0.2, -0.15) is 0 Å². The molecule has 1 aliphatic rings. The minimum Gasteiger partial charge on any atom is -0.486 e. The van der Waals surface area contributed by atoms with Crippen molar-refractivity contribution in [3.05, 3.63) is 40.6 Å². The highest BCUT2D eigenvalue weighted by Gasteiger charge is 2.20. The topological polar surface area (TPSA) is 110 Å². The van der Waals surface area contributed by atoms with Gasteiger partial charge in [0.15, 0.2) is 11.5 Å². The van der Waals surface area contributed by atoms with E-state index < -0.39 is 15.9 Å². The molecular formula is C13H12BrN3O5S. The Morgan fingerprint density at radius 3 is 2.61 bits per heavy atom. The van der Waals surface area contributed by atoms with Crippen LogP contribution in [-0.4, -0.2) is 32.5 Å². The van der Waals surface area contributed by atoms with E-state index in [-0.39, 0.29) is 10.6 Å². The molecule has 0 aliphatic carbocycles. The number of ether oxygens (including phenoxy) is 2. The molecule has 0 fully saturated rings. The van der Waals surface area contributed by atoms with Crippen molar-refractivity contribution in [2.75, 3.05) is 13.2 Å². The Labute approximate surface area is 140 Å². The van der Waals surface area contributed by atoms with E-state index in [4.69, 9.17) is 9.47 Å². The predicted octanol–water partition coefficient (Wildman–Crippen LogP) is 1.17. The molecule has 1 amide bonds. The summed E-state index contributed by atoms with van der Waals surface area (Å²) in [6, 6.07) is 5.74. The Balaban J connectivity index is 1.73. The van der Waals surface area contributed by atoms with Gasteiger partial charge >= 0.3 is 0 Å². The number of sulfonamides is 1. The number of nitrogens with one attached hydrogen (secondary N) is 3. The lowest BCUT2D eigenvalue weighted by molar-refractivity contribution is 0.0940. The molecule has 2 aromatic rings. The first-order chi connectivity index (χ1) is 11.0. The average molecular weight is 402 g/mol. The maximum absolute atomic E-state index is 12.2. The van der Waals surface area contributed by atoms with Crippen molar-refractivity contribution in [3.63, 3.8) is 0 Å². The van der Waals surface area contributed by atoms with E-state index >= 15 is 0 Å². The number of halogens is 1. The number of benzene rings is 1. The largest absolute Gasteiger partial charge is 0.486 e. The lowest BCUT2D eigenvalue weighted by atomic mass is 10.3. The molecule has 8 nitrogen and oxygen atoms in total. The third-order valence-electron chi connectivity index (χ3n) is 3.02. The summed E-state index contributed by atoms with van der Waals surface area (Å²) >= 11 is 3.19. The van der Waals surface area contributed by atoms with Gasteiger partial charge in [0.1, 0.15) is 18.9 Å². The van der Waals surface area contributed by atoms with Crippen LogP contribution in [0.3, 0.4) is 0 Å². The van der Waals surface area contributed by atoms with Crippen molar-refractivity contribution in [1.82, 2.24) is 15.2 Å². The molecule has 3 N–H and O–H groups in total. The summed E-state index contributed by atoms with van der Waals surface area (Å²) in [7, 11) is -3.93. The Kier molecular flexibility index (Phi) is 4.28. The lowest BCUT2D eigenvalue weighted by Gasteiger charge is -2.18. The highest BCUT2D eigenvalue weighted by atomic mass is 79.9. The van der Waals surface area contributed by atoms with Crippen molar-refractivity contribution in [2.24, 2.45) is 0 Å². The number of carbonyl (C=O) groups is 1. The van der Waals surface area contributed by atoms with Crippen LogP contribution in [0.5, 0.6) is 11.5 Å². The zero-order valence-corrected chi connectivity index (χ0v) is 14.0. The van der Waals surface area contributed by atoms with Gasteiger partial charge < -0.3 is 14.5 Å². The maximum Gasteiger partial charge on any atom is 0.282 e. The van der Waals surface area contributed by atoms with E-state index in [0.717, 1.165) is 0 Å². The highest BCUT2D eigenvalue weighted by Crippen LogP contribution is 2.32. The highest BCUT2D eigenvalue weighted by molar-refractivity contribution is 9.10. The number of fused-ring (bicyclic) bond motifs is 1. The van der Waals surface area contributed by atoms with Crippen molar-refractivity contribution in [2.45, 2.75) is 4.90 Å². The number of aromatic nitrogens is 1. The number of amides is 1. The number of H-pyrrole nitrogens is 1. The van der Waals surface area contributed by atoms with Gasteiger partial charge in [0.2, 0.25) is 0 Å². The van der Waals surface area contributed by atoms with Gasteiger partial charge in [-0.05, 0) is 34.1 Å². The van der Waals surface area contributed by atoms with E-state index in [1.807, 2.05) is 4.83 Å². The minimum atomic E-state index is -3.93. The van der Waals surface area contributed by atoms with Gasteiger partial charge in [-0.1, -0.05) is 0 Å². The molecule has 0 bridgehead atoms. The third kappa shape index (κ3) is 3.49. The fourth-order valence-electron chi connectivity index (χ4n) is 1.93. The number of hydrazine groups is 1. The standard InChI is InChI=1S/C13H12BrN3O5S/c14-8-5-10(15-7-8)13(18)16-17-23(19,20)9-1-2-11-12(6-9)22-4-3-21-11/h1-2,5-7,15,17H,3-4H2,(H,16,18). The number of carbonyl (C=O) groups excluding carboxylic acids is 1. The average Bonchev–Trinajstić information content (AvgIpc) is 2.99. The molecule has 122 valence electrons. The van der Waals surface area contributed by atoms with Crippen LogP contribution < -0.4 is 19.7 Å². The molecule has 0 atom stereocenters. The van der Waals surface area contributed by atoms with Crippen LogP contribution >= 0.6 is 15.9 Å². The smallest absolute Gasteiger partial charge is 0.282 e. The molecule has 0 saturated heterocycles. The summed E-state index contributed by atoms with van der Waals surface area (Å²) in [5.74, 6) is 0.214. The molecular weight excluding hydrogens is 390 g/mol. The number of aromatic amines is 1. The first-order valence-electron chi connectivity index (χ1n) is 6.51. The molecule has 0 saturated carbocycles. The maximum atomic E-state index is 12.2. The van der Waals surface area contributed by atoms with Crippen LogP contribution in [0.1, 0.15) is 10.5 Å². The Bertz CT molecular complexity index is 849. The molecule has 0 spiro atoms. The van der Waals surface area contributed by atoms with Gasteiger partial charge in [0.25, 0.3) is 15.9 Å². The van der Waals surface area contributed by atoms with Crippen LogP contribution in [0.2, 0.25) is 0 Å². The van der Waals surface area contributed by atoms with Crippen LogP contribution in [0.25, 0.3) is 0 Å². The molecule has 2 heterocycles. The van der Waals surface area contributed by atoms with E-state index in [1.165, 1.54) is 24.3 Å². The molecule has 1 aromatic heterocycles. The lowest BCUT2D eigenvalue weighted by Crippen LogP contribution is -2.41. The summed E-state index contributed by atoms with van der Waals surface area (Å²) in [4.78, 5) is 16.5. The zero-order chi connectivity index (χ0) is 16.4. The SMILES string of the molecule is O=C(NNS(=O)(=O)c1ccc2c(c1)OCCO2)c1cc(Br)c[nH]1. The first kappa shape index (κ1) is 15.8. The van der Waals surface area contributed by atoms with Crippen LogP contribution in [0, 0.1) is 0 Å². The second-order valence-corrected chi connectivity index (χ2v) is 7.19. The van der Waals surface area contributed by atoms with E-state index in [9.17, 15) is 13.2 Å². The van der Waals surface area contributed by atoms with E-state index in [0.29, 0.717) is 29.2 Å². The summed E-state index contributed by atoms with van der Waals surface area (Å²) in [6.07, 6.45) is 1.56. The summed E-state index contributed by atoms with van der Waals surface area (Å²) in [5, 5.41) is 0. The van der Waals surface area contributed by atoms with Crippen molar-refractivity contribution in [1.29, 1.82) is 0 Å². The quantitative estimate of drug-likeness (QED) is 0.666. The fourth-order valence-corrected chi connectivity index (χ4v) is 3.13. The number of hydrogen-bond acceptors (Lipinski definition) is 5. The van der Waals surface area contributed by atoms with E-state index in [1.54, 1.807) is 6.20 Å². The van der Waals surface area contributed by atoms with Gasteiger partial charge in [-0.25, -0.2) is 8.42 Å². The van der Waals surface area contributed by atoms with Crippen LogP contribution in [-0.2, 0) is 10.0 Å². The van der Waals surface area contributed by atoms with Gasteiger partial charge in [0.05, 0.1) is 4.90 Å². The van der Waals surface area contributed by atoms with Gasteiger partial charge in [-0.3, -0.25) is 10.2 Å². The monoisotopic (exact) mass is 401 g/mol. The Hall–Kier alpha value is -2.04. The normalized spacial score (nSPS) is 13.6. The second kappa shape index (κ2) is 6.22. The molecule has 1 aromatic carbocycles. The molecule has 10 heteroatoms. The molecule has 0 radical (unpaired) electrons. The van der Waals surface area contributed by atoms with E-state index in [2.05, 4.69) is 26.3 Å². The molecule has 3 rings (SSSR count). The Morgan fingerprint density at radius 1 is 1.17 bits per heavy atom. The number of hydrogen-bond donors (Lipinski definition) is 3. The summed E-state index contributed by atoms with van der Waals surface area (Å²) in [6.45, 7) is 0.765. The van der Waals surface area contributed by atoms with Crippen LogP contribution in [0.4, 0.5) is 0 Å². The van der Waals surface area contributed by atoms with Crippen molar-refractivity contribution in [3.8, 4) is 11.5 Å². The third-order valence-corrected chi connectivity index (χ3v) is 4.72. The Morgan fingerprint density at radius 2 is 1.91 bits per heavy atom. The molecule has 1 aliphatic heterocycles. The fraction of sp³-hybridized carbons (Fsp3) is 0.154. The van der Waals surface area contributed by atoms with Crippen molar-refractivity contribution >= 4 is 31.9 Å². The summed E-state index contributed by atoms with van der Waals surface area (Å²) in [5.41, 5.74) is 2.34. The van der Waals surface area contributed by atoms with Crippen molar-refractivity contribution < 1.29 is 22.7 Å². The van der Waals surface area contributed by atoms with Crippen LogP contribution in [0.15, 0.2) is 39.8 Å². The summed E-state index contributed by atoms with van der Waals surface area (Å²) < 4.78 is 35.8. The first-order valence-corrected chi connectivity index (χ1v) is 8.79. The number of rotatable bonds is 4. The molecule has 23 heavy (non-hydrogen) atoms.